The average Bonchev–Trinajstić information content (AvgIpc) is 3.71. The topological polar surface area (TPSA) is 58.1 Å². The van der Waals surface area contributed by atoms with E-state index in [1.807, 2.05) is 66.7 Å². The third kappa shape index (κ3) is 5.54. The van der Waals surface area contributed by atoms with Crippen LogP contribution >= 0.6 is 11.6 Å². The Labute approximate surface area is 204 Å². The fraction of sp³-hybridized carbons (Fsp3) is 0.250. The molecule has 1 amide bonds. The van der Waals surface area contributed by atoms with E-state index < -0.39 is 0 Å². The van der Waals surface area contributed by atoms with Crippen LogP contribution in [0.25, 0.3) is 10.9 Å². The van der Waals surface area contributed by atoms with Crippen molar-refractivity contribution in [3.05, 3.63) is 101 Å². The number of hydrogen-bond donors (Lipinski definition) is 1. The van der Waals surface area contributed by atoms with Gasteiger partial charge in [-0.2, -0.15) is 0 Å². The SMILES string of the molecule is O=C(CCN(Cc1ccccc1)c1nc(C2CC2)nc2cc(Cl)ccc12)NCc1ccccc1. The van der Waals surface area contributed by atoms with E-state index in [2.05, 4.69) is 22.3 Å². The number of halogens is 1. The number of carbonyl (C=O) groups is 1. The first-order valence-corrected chi connectivity index (χ1v) is 12.1. The predicted octanol–water partition coefficient (Wildman–Crippen LogP) is 5.87. The van der Waals surface area contributed by atoms with E-state index in [9.17, 15) is 4.79 Å². The Hall–Kier alpha value is -3.44. The Bertz CT molecular complexity index is 1280. The molecule has 0 unspecified atom stereocenters. The summed E-state index contributed by atoms with van der Waals surface area (Å²) in [4.78, 5) is 24.7. The lowest BCUT2D eigenvalue weighted by Crippen LogP contribution is -2.31. The van der Waals surface area contributed by atoms with Crippen LogP contribution in [-0.2, 0) is 17.9 Å². The zero-order valence-corrected chi connectivity index (χ0v) is 19.7. The molecule has 1 fully saturated rings. The molecule has 3 aromatic carbocycles. The number of fused-ring (bicyclic) bond motifs is 1. The van der Waals surface area contributed by atoms with Gasteiger partial charge in [0, 0.05) is 42.4 Å². The number of nitrogens with one attached hydrogen (secondary N) is 1. The minimum absolute atomic E-state index is 0.0192. The van der Waals surface area contributed by atoms with Crippen LogP contribution in [0.5, 0.6) is 0 Å². The molecule has 34 heavy (non-hydrogen) atoms. The normalized spacial score (nSPS) is 13.1. The Morgan fingerprint density at radius 2 is 1.65 bits per heavy atom. The summed E-state index contributed by atoms with van der Waals surface area (Å²) >= 11 is 6.29. The van der Waals surface area contributed by atoms with Gasteiger partial charge >= 0.3 is 0 Å². The lowest BCUT2D eigenvalue weighted by Gasteiger charge is -2.25. The van der Waals surface area contributed by atoms with Crippen LogP contribution in [0.1, 0.15) is 42.1 Å². The van der Waals surface area contributed by atoms with Crippen LogP contribution in [-0.4, -0.2) is 22.4 Å². The van der Waals surface area contributed by atoms with Gasteiger partial charge in [-0.15, -0.1) is 0 Å². The minimum Gasteiger partial charge on any atom is -0.352 e. The number of benzene rings is 3. The Morgan fingerprint density at radius 1 is 0.941 bits per heavy atom. The van der Waals surface area contributed by atoms with Crippen LogP contribution in [0.3, 0.4) is 0 Å². The van der Waals surface area contributed by atoms with Crippen molar-refractivity contribution >= 4 is 34.2 Å². The first kappa shape index (κ1) is 22.4. The lowest BCUT2D eigenvalue weighted by atomic mass is 10.1. The second-order valence-electron chi connectivity index (χ2n) is 8.76. The van der Waals surface area contributed by atoms with Crippen molar-refractivity contribution in [3.8, 4) is 0 Å². The van der Waals surface area contributed by atoms with E-state index in [0.717, 1.165) is 41.0 Å². The van der Waals surface area contributed by atoms with Crippen LogP contribution in [0, 0.1) is 0 Å². The van der Waals surface area contributed by atoms with Gasteiger partial charge in [0.15, 0.2) is 0 Å². The van der Waals surface area contributed by atoms with Gasteiger partial charge in [0.1, 0.15) is 11.6 Å². The quantitative estimate of drug-likeness (QED) is 0.332. The highest BCUT2D eigenvalue weighted by molar-refractivity contribution is 6.31. The van der Waals surface area contributed by atoms with Crippen molar-refractivity contribution in [2.75, 3.05) is 11.4 Å². The molecule has 0 atom stereocenters. The third-order valence-electron chi connectivity index (χ3n) is 6.06. The Morgan fingerprint density at radius 3 is 2.35 bits per heavy atom. The molecule has 0 radical (unpaired) electrons. The molecule has 1 aliphatic rings. The van der Waals surface area contributed by atoms with Crippen molar-refractivity contribution in [2.24, 2.45) is 0 Å². The molecule has 5 rings (SSSR count). The third-order valence-corrected chi connectivity index (χ3v) is 6.29. The minimum atomic E-state index is 0.0192. The standard InChI is InChI=1S/C28H27ClN4O/c29-23-13-14-24-25(17-23)31-27(22-11-12-22)32-28(24)33(19-21-9-5-2-6-10-21)16-15-26(34)30-18-20-7-3-1-4-8-20/h1-10,13-14,17,22H,11-12,15-16,18-19H2,(H,30,34). The first-order chi connectivity index (χ1) is 16.7. The molecule has 1 heterocycles. The van der Waals surface area contributed by atoms with Gasteiger partial charge in [0.05, 0.1) is 5.52 Å². The van der Waals surface area contributed by atoms with Gasteiger partial charge in [-0.25, -0.2) is 9.97 Å². The molecule has 6 heteroatoms. The van der Waals surface area contributed by atoms with Crippen molar-refractivity contribution in [1.82, 2.24) is 15.3 Å². The summed E-state index contributed by atoms with van der Waals surface area (Å²) in [6.07, 6.45) is 2.61. The molecule has 1 N–H and O–H groups in total. The van der Waals surface area contributed by atoms with E-state index in [1.165, 1.54) is 5.56 Å². The van der Waals surface area contributed by atoms with E-state index >= 15 is 0 Å². The van der Waals surface area contributed by atoms with Gasteiger partial charge in [0.2, 0.25) is 5.91 Å². The molecule has 0 bridgehead atoms. The van der Waals surface area contributed by atoms with Crippen LogP contribution in [0.15, 0.2) is 78.9 Å². The number of aromatic nitrogens is 2. The summed E-state index contributed by atoms with van der Waals surface area (Å²) in [6, 6.07) is 26.0. The van der Waals surface area contributed by atoms with Gasteiger partial charge in [-0.05, 0) is 42.2 Å². The summed E-state index contributed by atoms with van der Waals surface area (Å²) in [5, 5.41) is 4.65. The number of carbonyl (C=O) groups excluding carboxylic acids is 1. The highest BCUT2D eigenvalue weighted by Gasteiger charge is 2.28. The second-order valence-corrected chi connectivity index (χ2v) is 9.20. The van der Waals surface area contributed by atoms with Gasteiger partial charge in [-0.3, -0.25) is 4.79 Å². The number of amides is 1. The van der Waals surface area contributed by atoms with E-state index in [-0.39, 0.29) is 5.91 Å². The summed E-state index contributed by atoms with van der Waals surface area (Å²) in [5.74, 6) is 2.17. The second kappa shape index (κ2) is 10.2. The number of nitrogens with zero attached hydrogens (tertiary/aromatic N) is 3. The van der Waals surface area contributed by atoms with Gasteiger partial charge in [0.25, 0.3) is 0 Å². The largest absolute Gasteiger partial charge is 0.352 e. The molecule has 0 aliphatic heterocycles. The fourth-order valence-electron chi connectivity index (χ4n) is 4.05. The number of anilines is 1. The van der Waals surface area contributed by atoms with Crippen molar-refractivity contribution < 1.29 is 4.79 Å². The number of rotatable bonds is 9. The van der Waals surface area contributed by atoms with Crippen LogP contribution in [0.4, 0.5) is 5.82 Å². The molecule has 1 saturated carbocycles. The molecule has 1 aromatic heterocycles. The van der Waals surface area contributed by atoms with Crippen molar-refractivity contribution in [3.63, 3.8) is 0 Å². The Balaban J connectivity index is 1.41. The lowest BCUT2D eigenvalue weighted by molar-refractivity contribution is -0.121. The van der Waals surface area contributed by atoms with E-state index in [0.29, 0.717) is 37.0 Å². The van der Waals surface area contributed by atoms with Crippen LogP contribution in [0.2, 0.25) is 5.02 Å². The summed E-state index contributed by atoms with van der Waals surface area (Å²) in [6.45, 7) is 1.74. The molecule has 5 nitrogen and oxygen atoms in total. The van der Waals surface area contributed by atoms with Crippen molar-refractivity contribution in [1.29, 1.82) is 0 Å². The zero-order chi connectivity index (χ0) is 23.3. The van der Waals surface area contributed by atoms with E-state index in [1.54, 1.807) is 0 Å². The van der Waals surface area contributed by atoms with E-state index in [4.69, 9.17) is 21.6 Å². The molecule has 0 saturated heterocycles. The molecule has 1 aliphatic carbocycles. The predicted molar refractivity (Wildman–Crippen MR) is 137 cm³/mol. The number of hydrogen-bond acceptors (Lipinski definition) is 4. The van der Waals surface area contributed by atoms with Gasteiger partial charge < -0.3 is 10.2 Å². The molecule has 172 valence electrons. The maximum atomic E-state index is 12.7. The first-order valence-electron chi connectivity index (χ1n) is 11.7. The average molecular weight is 471 g/mol. The molecular weight excluding hydrogens is 444 g/mol. The zero-order valence-electron chi connectivity index (χ0n) is 19.0. The van der Waals surface area contributed by atoms with Crippen molar-refractivity contribution in [2.45, 2.75) is 38.3 Å². The highest BCUT2D eigenvalue weighted by atomic mass is 35.5. The van der Waals surface area contributed by atoms with Gasteiger partial charge in [-0.1, -0.05) is 72.3 Å². The summed E-state index contributed by atoms with van der Waals surface area (Å²) in [7, 11) is 0. The monoisotopic (exact) mass is 470 g/mol. The highest BCUT2D eigenvalue weighted by Crippen LogP contribution is 2.40. The summed E-state index contributed by atoms with van der Waals surface area (Å²) < 4.78 is 0. The maximum Gasteiger partial charge on any atom is 0.222 e. The van der Waals surface area contributed by atoms with Crippen LogP contribution < -0.4 is 10.2 Å². The molecular formula is C28H27ClN4O. The molecule has 4 aromatic rings. The molecule has 0 spiro atoms. The maximum absolute atomic E-state index is 12.7. The summed E-state index contributed by atoms with van der Waals surface area (Å²) in [5.41, 5.74) is 3.11. The Kier molecular flexibility index (Phi) is 6.72. The fourth-order valence-corrected chi connectivity index (χ4v) is 4.22. The smallest absolute Gasteiger partial charge is 0.222 e.